The number of hydrogen-bond acceptors (Lipinski definition) is 3. The van der Waals surface area contributed by atoms with E-state index in [1.807, 2.05) is 0 Å². The fourth-order valence-corrected chi connectivity index (χ4v) is 4.58. The summed E-state index contributed by atoms with van der Waals surface area (Å²) in [5.41, 5.74) is 0.267. The van der Waals surface area contributed by atoms with Gasteiger partial charge in [0.25, 0.3) is 0 Å². The predicted molar refractivity (Wildman–Crippen MR) is 96.1 cm³/mol. The van der Waals surface area contributed by atoms with Crippen LogP contribution in [0.4, 0.5) is 0 Å². The highest BCUT2D eigenvalue weighted by molar-refractivity contribution is 6.09. The molecule has 3 aromatic rings. The zero-order valence-corrected chi connectivity index (χ0v) is 13.5. The first kappa shape index (κ1) is 14.4. The van der Waals surface area contributed by atoms with Crippen LogP contribution in [0.1, 0.15) is 18.4 Å². The van der Waals surface area contributed by atoms with Gasteiger partial charge in [-0.05, 0) is 46.0 Å². The second-order valence-electron chi connectivity index (χ2n) is 7.23. The number of rotatable bonds is 1. The van der Waals surface area contributed by atoms with Gasteiger partial charge in [0.1, 0.15) is 0 Å². The van der Waals surface area contributed by atoms with E-state index >= 15 is 0 Å². The van der Waals surface area contributed by atoms with Crippen molar-refractivity contribution in [3.8, 4) is 0 Å². The Labute approximate surface area is 141 Å². The molecule has 0 amide bonds. The summed E-state index contributed by atoms with van der Waals surface area (Å²) in [6, 6.07) is 19.5. The molecule has 2 N–H and O–H groups in total. The molecule has 0 aromatic heterocycles. The van der Waals surface area contributed by atoms with E-state index in [-0.39, 0.29) is 12.1 Å². The van der Waals surface area contributed by atoms with Gasteiger partial charge in [0.15, 0.2) is 0 Å². The third-order valence-electron chi connectivity index (χ3n) is 5.55. The molecule has 3 heteroatoms. The largest absolute Gasteiger partial charge is 0.385 e. The minimum atomic E-state index is -0.798. The first-order valence-electron chi connectivity index (χ1n) is 8.70. The number of hydrogen-bond donors (Lipinski definition) is 2. The molecule has 2 aliphatic rings. The molecule has 2 bridgehead atoms. The topological polar surface area (TPSA) is 41.5 Å². The standard InChI is InChI=1S/C21H21NO2/c23-21(10-15-12-24-13-16(11-21)22-15)20-9-14-5-1-2-6-17(14)18-7-3-4-8-19(18)20/h1-9,15-16,22-23H,10-13H2. The number of benzene rings is 3. The van der Waals surface area contributed by atoms with Gasteiger partial charge in [-0.25, -0.2) is 0 Å². The Morgan fingerprint density at radius 3 is 2.25 bits per heavy atom. The number of piperidine rings is 1. The van der Waals surface area contributed by atoms with Crippen LogP contribution in [-0.4, -0.2) is 30.4 Å². The molecule has 3 aromatic carbocycles. The molecule has 2 saturated heterocycles. The van der Waals surface area contributed by atoms with Crippen molar-refractivity contribution < 1.29 is 9.84 Å². The van der Waals surface area contributed by atoms with Crippen LogP contribution in [0.25, 0.3) is 21.5 Å². The Hall–Kier alpha value is -1.94. The van der Waals surface area contributed by atoms with Crippen LogP contribution in [0.3, 0.4) is 0 Å². The third-order valence-corrected chi connectivity index (χ3v) is 5.55. The molecule has 2 unspecified atom stereocenters. The minimum absolute atomic E-state index is 0.229. The van der Waals surface area contributed by atoms with Gasteiger partial charge in [0, 0.05) is 12.1 Å². The second-order valence-corrected chi connectivity index (χ2v) is 7.23. The number of aliphatic hydroxyl groups is 1. The van der Waals surface area contributed by atoms with Crippen LogP contribution in [0.5, 0.6) is 0 Å². The summed E-state index contributed by atoms with van der Waals surface area (Å²) in [4.78, 5) is 0. The van der Waals surface area contributed by atoms with Gasteiger partial charge in [0.05, 0.1) is 18.8 Å². The lowest BCUT2D eigenvalue weighted by Gasteiger charge is -2.45. The number of nitrogens with one attached hydrogen (secondary N) is 1. The molecule has 0 spiro atoms. The molecular weight excluding hydrogens is 298 g/mol. The molecule has 24 heavy (non-hydrogen) atoms. The molecule has 0 saturated carbocycles. The Morgan fingerprint density at radius 2 is 1.50 bits per heavy atom. The van der Waals surface area contributed by atoms with E-state index in [9.17, 15) is 5.11 Å². The van der Waals surface area contributed by atoms with Crippen LogP contribution in [0.15, 0.2) is 54.6 Å². The zero-order chi connectivity index (χ0) is 16.1. The monoisotopic (exact) mass is 319 g/mol. The predicted octanol–water partition coefficient (Wildman–Crippen LogP) is 3.33. The highest BCUT2D eigenvalue weighted by Crippen LogP contribution is 2.42. The Morgan fingerprint density at radius 1 is 0.875 bits per heavy atom. The van der Waals surface area contributed by atoms with E-state index in [4.69, 9.17) is 4.74 Å². The molecular formula is C21H21NO2. The van der Waals surface area contributed by atoms with Crippen molar-refractivity contribution in [2.45, 2.75) is 30.5 Å². The Balaban J connectivity index is 1.76. The quantitative estimate of drug-likeness (QED) is 0.676. The summed E-state index contributed by atoms with van der Waals surface area (Å²) in [6.07, 6.45) is 1.40. The Bertz CT molecular complexity index is 908. The SMILES string of the molecule is OC1(c2cc3ccccc3c3ccccc23)CC2COCC(C1)N2. The maximum atomic E-state index is 11.6. The van der Waals surface area contributed by atoms with E-state index in [0.717, 1.165) is 5.56 Å². The van der Waals surface area contributed by atoms with Gasteiger partial charge in [-0.15, -0.1) is 0 Å². The maximum absolute atomic E-state index is 11.6. The molecule has 2 aliphatic heterocycles. The van der Waals surface area contributed by atoms with Crippen LogP contribution < -0.4 is 5.32 Å². The van der Waals surface area contributed by atoms with Crippen molar-refractivity contribution in [3.63, 3.8) is 0 Å². The van der Waals surface area contributed by atoms with Crippen LogP contribution in [-0.2, 0) is 10.3 Å². The highest BCUT2D eigenvalue weighted by atomic mass is 16.5. The smallest absolute Gasteiger partial charge is 0.0934 e. The number of fused-ring (bicyclic) bond motifs is 5. The highest BCUT2D eigenvalue weighted by Gasteiger charge is 2.43. The van der Waals surface area contributed by atoms with E-state index < -0.39 is 5.60 Å². The second kappa shape index (κ2) is 5.28. The van der Waals surface area contributed by atoms with Gasteiger partial charge >= 0.3 is 0 Å². The van der Waals surface area contributed by atoms with Gasteiger partial charge in [-0.2, -0.15) is 0 Å². The summed E-state index contributed by atoms with van der Waals surface area (Å²) in [5.74, 6) is 0. The first-order valence-corrected chi connectivity index (χ1v) is 8.70. The fourth-order valence-electron chi connectivity index (χ4n) is 4.58. The Kier molecular flexibility index (Phi) is 3.17. The van der Waals surface area contributed by atoms with Crippen LogP contribution in [0, 0.1) is 0 Å². The molecule has 0 radical (unpaired) electrons. The molecule has 2 heterocycles. The van der Waals surface area contributed by atoms with Gasteiger partial charge < -0.3 is 15.2 Å². The summed E-state index contributed by atoms with van der Waals surface area (Å²) < 4.78 is 5.65. The molecule has 2 atom stereocenters. The molecule has 0 aliphatic carbocycles. The van der Waals surface area contributed by atoms with Crippen molar-refractivity contribution in [1.29, 1.82) is 0 Å². The van der Waals surface area contributed by atoms with Crippen molar-refractivity contribution >= 4 is 21.5 Å². The third kappa shape index (κ3) is 2.16. The number of ether oxygens (including phenoxy) is 1. The summed E-state index contributed by atoms with van der Waals surface area (Å²) in [5, 5.41) is 20.0. The van der Waals surface area contributed by atoms with Gasteiger partial charge in [-0.1, -0.05) is 48.5 Å². The molecule has 5 rings (SSSR count). The van der Waals surface area contributed by atoms with Crippen molar-refractivity contribution in [3.05, 3.63) is 60.2 Å². The number of morpholine rings is 1. The van der Waals surface area contributed by atoms with E-state index in [2.05, 4.69) is 59.9 Å². The molecule has 122 valence electrons. The van der Waals surface area contributed by atoms with E-state index in [1.54, 1.807) is 0 Å². The van der Waals surface area contributed by atoms with Crippen LogP contribution in [0.2, 0.25) is 0 Å². The average molecular weight is 319 g/mol. The summed E-state index contributed by atoms with van der Waals surface area (Å²) in [7, 11) is 0. The summed E-state index contributed by atoms with van der Waals surface area (Å²) >= 11 is 0. The average Bonchev–Trinajstić information content (AvgIpc) is 2.60. The lowest BCUT2D eigenvalue weighted by molar-refractivity contribution is -0.0794. The van der Waals surface area contributed by atoms with Crippen molar-refractivity contribution in [2.75, 3.05) is 13.2 Å². The van der Waals surface area contributed by atoms with Crippen molar-refractivity contribution in [1.82, 2.24) is 5.32 Å². The van der Waals surface area contributed by atoms with Crippen molar-refractivity contribution in [2.24, 2.45) is 0 Å². The molecule has 2 fully saturated rings. The minimum Gasteiger partial charge on any atom is -0.385 e. The van der Waals surface area contributed by atoms with E-state index in [0.29, 0.717) is 26.1 Å². The zero-order valence-electron chi connectivity index (χ0n) is 13.5. The lowest BCUT2D eigenvalue weighted by Crippen LogP contribution is -2.58. The van der Waals surface area contributed by atoms with Crippen LogP contribution >= 0.6 is 0 Å². The summed E-state index contributed by atoms with van der Waals surface area (Å²) in [6.45, 7) is 1.37. The van der Waals surface area contributed by atoms with Gasteiger partial charge in [0.2, 0.25) is 0 Å². The molecule has 3 nitrogen and oxygen atoms in total. The fraction of sp³-hybridized carbons (Fsp3) is 0.333. The normalized spacial score (nSPS) is 29.9. The van der Waals surface area contributed by atoms with Gasteiger partial charge in [-0.3, -0.25) is 0 Å². The lowest BCUT2D eigenvalue weighted by atomic mass is 9.76. The van der Waals surface area contributed by atoms with E-state index in [1.165, 1.54) is 21.5 Å². The first-order chi connectivity index (χ1) is 11.7. The maximum Gasteiger partial charge on any atom is 0.0934 e.